The van der Waals surface area contributed by atoms with Crippen molar-refractivity contribution in [3.63, 3.8) is 0 Å². The van der Waals surface area contributed by atoms with Crippen LogP contribution in [0.5, 0.6) is 5.75 Å². The van der Waals surface area contributed by atoms with E-state index in [2.05, 4.69) is 90.8 Å². The zero-order valence-electron chi connectivity index (χ0n) is 36.2. The molecule has 58 heavy (non-hydrogen) atoms. The first kappa shape index (κ1) is 40.4. The topological polar surface area (TPSA) is 105 Å². The van der Waals surface area contributed by atoms with Crippen LogP contribution in [0.1, 0.15) is 82.1 Å². The minimum absolute atomic E-state index is 0.0675. The van der Waals surface area contributed by atoms with Gasteiger partial charge in [-0.05, 0) is 126 Å². The summed E-state index contributed by atoms with van der Waals surface area (Å²) in [5.74, 6) is 0.334. The Morgan fingerprint density at radius 3 is 2.34 bits per heavy atom. The molecule has 2 aromatic heterocycles. The third kappa shape index (κ3) is 7.88. The van der Waals surface area contributed by atoms with Crippen LogP contribution in [0.25, 0.3) is 5.69 Å². The molecular weight excluding hydrogens is 775 g/mol. The molecule has 0 bridgehead atoms. The molecule has 7 rings (SSSR count). The number of ether oxygens (including phenoxy) is 3. The van der Waals surface area contributed by atoms with Crippen molar-refractivity contribution in [3.8, 4) is 11.4 Å². The Kier molecular flexibility index (Phi) is 11.6. The molecule has 2 fully saturated rings. The summed E-state index contributed by atoms with van der Waals surface area (Å²) in [5, 5.41) is 9.75. The van der Waals surface area contributed by atoms with E-state index in [1.54, 1.807) is 33.2 Å². The molecule has 0 spiro atoms. The Bertz CT molecular complexity index is 2400. The number of rotatable bonds is 12. The molecule has 14 heteroatoms. The molecule has 3 aromatic carbocycles. The fourth-order valence-corrected chi connectivity index (χ4v) is 9.32. The van der Waals surface area contributed by atoms with Crippen LogP contribution in [0.2, 0.25) is 10.0 Å². The highest BCUT2D eigenvalue weighted by molar-refractivity contribution is 6.35. The number of aryl methyl sites for hydroxylation is 3. The van der Waals surface area contributed by atoms with Crippen molar-refractivity contribution in [1.29, 1.82) is 0 Å². The first-order chi connectivity index (χ1) is 28.0. The van der Waals surface area contributed by atoms with Crippen LogP contribution >= 0.6 is 23.2 Å². The van der Waals surface area contributed by atoms with E-state index in [9.17, 15) is 4.79 Å². The van der Waals surface area contributed by atoms with Crippen LogP contribution in [0.4, 0.5) is 11.4 Å². The lowest BCUT2D eigenvalue weighted by atomic mass is 9.96. The maximum Gasteiger partial charge on any atom is 0.350 e. The van der Waals surface area contributed by atoms with E-state index in [0.29, 0.717) is 27.4 Å². The van der Waals surface area contributed by atoms with E-state index < -0.39 is 11.9 Å². The summed E-state index contributed by atoms with van der Waals surface area (Å²) < 4.78 is 32.9. The number of benzene rings is 3. The van der Waals surface area contributed by atoms with Gasteiger partial charge in [-0.25, -0.2) is 23.7 Å². The molecule has 3 unspecified atom stereocenters. The quantitative estimate of drug-likeness (QED) is 0.122. The van der Waals surface area contributed by atoms with E-state index in [0.717, 1.165) is 65.4 Å². The minimum atomic E-state index is -1.32. The first-order valence-corrected chi connectivity index (χ1v) is 21.0. The summed E-state index contributed by atoms with van der Waals surface area (Å²) in [5.41, 5.74) is 7.59. The second-order valence-electron chi connectivity index (χ2n) is 16.3. The van der Waals surface area contributed by atoms with Crippen molar-refractivity contribution in [2.75, 3.05) is 36.0 Å². The maximum absolute atomic E-state index is 13.3. The van der Waals surface area contributed by atoms with Crippen molar-refractivity contribution in [3.05, 3.63) is 109 Å². The van der Waals surface area contributed by atoms with Crippen molar-refractivity contribution in [1.82, 2.24) is 29.1 Å². The molecule has 5 atom stereocenters. The fourth-order valence-electron chi connectivity index (χ4n) is 8.61. The van der Waals surface area contributed by atoms with Crippen LogP contribution in [0.3, 0.4) is 0 Å². The van der Waals surface area contributed by atoms with Gasteiger partial charge in [0.1, 0.15) is 44.8 Å². The molecule has 4 heterocycles. The number of nitrogens with zero attached hydrogens (tertiary/aromatic N) is 8. The van der Waals surface area contributed by atoms with Gasteiger partial charge in [-0.15, -0.1) is 0 Å². The Morgan fingerprint density at radius 2 is 1.69 bits per heavy atom. The number of halogens is 2. The summed E-state index contributed by atoms with van der Waals surface area (Å²) in [6.07, 6.45) is 1.61. The van der Waals surface area contributed by atoms with Gasteiger partial charge in [0.15, 0.2) is 0 Å². The van der Waals surface area contributed by atoms with E-state index in [4.69, 9.17) is 38.8 Å². The van der Waals surface area contributed by atoms with E-state index >= 15 is 0 Å². The molecule has 0 amide bonds. The maximum atomic E-state index is 13.3. The second-order valence-corrected chi connectivity index (χ2v) is 17.1. The molecule has 0 saturated carbocycles. The summed E-state index contributed by atoms with van der Waals surface area (Å²) in [6, 6.07) is 14.6. The van der Waals surface area contributed by atoms with Gasteiger partial charge >= 0.3 is 5.69 Å². The molecule has 310 valence electrons. The molecule has 2 aliphatic rings. The van der Waals surface area contributed by atoms with Crippen LogP contribution in [0, 0.1) is 40.5 Å². The SMILES string of the molecule is [2H]c1nc(C)n(C[C@@]2(c3c(Cl)cc(Cl)c(C)c3C)OC(C)[C@@H](COc3ccc(N4CCN(c5ccc(-n6cnn(C(CC)C(C)C)c6=O)cc5C)CC4C)cc3C)O2)n1. The Morgan fingerprint density at radius 1 is 0.948 bits per heavy atom. The molecule has 0 aliphatic carbocycles. The van der Waals surface area contributed by atoms with E-state index in [1.165, 1.54) is 5.69 Å². The number of aromatic nitrogens is 6. The Balaban J connectivity index is 1.02. The Hall–Kier alpha value is -4.36. The lowest BCUT2D eigenvalue weighted by Gasteiger charge is -2.43. The molecule has 0 N–H and O–H groups in total. The van der Waals surface area contributed by atoms with Crippen LogP contribution < -0.4 is 20.2 Å². The number of hydrogen-bond donors (Lipinski definition) is 0. The van der Waals surface area contributed by atoms with Crippen molar-refractivity contribution in [2.45, 2.75) is 112 Å². The third-order valence-corrected chi connectivity index (χ3v) is 12.7. The molecule has 2 aliphatic heterocycles. The van der Waals surface area contributed by atoms with Gasteiger partial charge in [0.2, 0.25) is 5.79 Å². The monoisotopic (exact) mass is 831 g/mol. The minimum Gasteiger partial charge on any atom is -0.490 e. The van der Waals surface area contributed by atoms with Crippen LogP contribution in [-0.2, 0) is 21.8 Å². The van der Waals surface area contributed by atoms with Gasteiger partial charge < -0.3 is 24.0 Å². The number of hydrogen-bond acceptors (Lipinski definition) is 9. The normalized spacial score (nSPS) is 21.9. The lowest BCUT2D eigenvalue weighted by Crippen LogP contribution is -2.52. The van der Waals surface area contributed by atoms with Crippen molar-refractivity contribution < 1.29 is 15.6 Å². The molecular formula is C44H56Cl2N8O4. The van der Waals surface area contributed by atoms with Gasteiger partial charge in [-0.1, -0.05) is 44.0 Å². The largest absolute Gasteiger partial charge is 0.490 e. The Labute approximate surface area is 353 Å². The van der Waals surface area contributed by atoms with Crippen LogP contribution in [0.15, 0.2) is 59.9 Å². The zero-order valence-corrected chi connectivity index (χ0v) is 36.7. The number of piperazine rings is 1. The van der Waals surface area contributed by atoms with Gasteiger partial charge in [-0.3, -0.25) is 0 Å². The van der Waals surface area contributed by atoms with E-state index in [-0.39, 0.29) is 43.3 Å². The standard InChI is InChI=1S/C44H56Cl2N8O4/c1-11-38(26(2)3)54-43(55)52(25-49-54)35-12-14-39(27(4)18-35)50-16-17-51(29(6)21-50)34-13-15-40(28(5)19-34)56-22-41-32(9)57-44(58-41,23-53-33(10)47-24-48-53)42-31(8)30(7)36(45)20-37(42)46/h12-15,18-20,24-26,29,32,38,41H,11,16-17,21-23H2,1-10H3/t29?,32?,38?,41-,44-/m1/s1/i24D. The predicted octanol–water partition coefficient (Wildman–Crippen LogP) is 8.53. The number of anilines is 2. The van der Waals surface area contributed by atoms with Crippen LogP contribution in [-0.4, -0.2) is 73.6 Å². The lowest BCUT2D eigenvalue weighted by molar-refractivity contribution is -0.197. The van der Waals surface area contributed by atoms with Crippen molar-refractivity contribution >= 4 is 34.6 Å². The highest BCUT2D eigenvalue weighted by atomic mass is 35.5. The molecule has 2 saturated heterocycles. The highest BCUT2D eigenvalue weighted by Gasteiger charge is 2.50. The summed E-state index contributed by atoms with van der Waals surface area (Å²) >= 11 is 13.4. The van der Waals surface area contributed by atoms with E-state index in [1.807, 2.05) is 32.9 Å². The van der Waals surface area contributed by atoms with Gasteiger partial charge in [0.05, 0.1) is 22.9 Å². The van der Waals surface area contributed by atoms with Gasteiger partial charge in [0.25, 0.3) is 0 Å². The second kappa shape index (κ2) is 16.7. The average molecular weight is 833 g/mol. The summed E-state index contributed by atoms with van der Waals surface area (Å²) in [4.78, 5) is 22.4. The predicted molar refractivity (Wildman–Crippen MR) is 230 cm³/mol. The van der Waals surface area contributed by atoms with Gasteiger partial charge in [-0.2, -0.15) is 10.2 Å². The third-order valence-electron chi connectivity index (χ3n) is 12.0. The smallest absolute Gasteiger partial charge is 0.350 e. The molecule has 0 radical (unpaired) electrons. The zero-order chi connectivity index (χ0) is 42.5. The fraction of sp³-hybridized carbons (Fsp3) is 0.500. The molecule has 5 aromatic rings. The molecule has 12 nitrogen and oxygen atoms in total. The van der Waals surface area contributed by atoms with Gasteiger partial charge in [0, 0.05) is 47.6 Å². The van der Waals surface area contributed by atoms with Crippen molar-refractivity contribution in [2.24, 2.45) is 5.92 Å². The highest BCUT2D eigenvalue weighted by Crippen LogP contribution is 2.46. The summed E-state index contributed by atoms with van der Waals surface area (Å²) in [6.45, 7) is 23.4. The average Bonchev–Trinajstić information content (AvgIpc) is 3.82. The first-order valence-electron chi connectivity index (χ1n) is 20.7. The summed E-state index contributed by atoms with van der Waals surface area (Å²) in [7, 11) is 0.